The molecule has 0 saturated heterocycles. The van der Waals surface area contributed by atoms with Crippen molar-refractivity contribution in [3.05, 3.63) is 41.2 Å². The van der Waals surface area contributed by atoms with E-state index in [-0.39, 0.29) is 22.1 Å². The summed E-state index contributed by atoms with van der Waals surface area (Å²) < 4.78 is 104. The zero-order valence-electron chi connectivity index (χ0n) is 20.8. The Morgan fingerprint density at radius 3 is 1.95 bits per heavy atom. The number of nitrogens with zero attached hydrogens (tertiary/aromatic N) is 4. The van der Waals surface area contributed by atoms with Gasteiger partial charge in [-0.25, -0.2) is 35.5 Å². The molecule has 0 fully saturated rings. The molecule has 0 atom stereocenters. The number of quaternary nitrogens is 2. The van der Waals surface area contributed by atoms with Crippen molar-refractivity contribution in [1.29, 1.82) is 0 Å². The van der Waals surface area contributed by atoms with Crippen molar-refractivity contribution in [2.75, 3.05) is 6.54 Å². The Morgan fingerprint density at radius 1 is 0.897 bits per heavy atom. The van der Waals surface area contributed by atoms with Crippen LogP contribution in [0.5, 0.6) is 0 Å². The largest absolute Gasteiger partial charge is 0.744 e. The summed E-state index contributed by atoms with van der Waals surface area (Å²) in [6.07, 6.45) is 0. The second kappa shape index (κ2) is 13.1. The van der Waals surface area contributed by atoms with Gasteiger partial charge in [0, 0.05) is 24.4 Å². The number of benzene rings is 2. The Balaban J connectivity index is 0.000000998. The zero-order valence-corrected chi connectivity index (χ0v) is 24.8. The third-order valence-corrected chi connectivity index (χ3v) is 8.46. The summed E-state index contributed by atoms with van der Waals surface area (Å²) >= 11 is 2.40. The molecule has 0 aliphatic carbocycles. The summed E-state index contributed by atoms with van der Waals surface area (Å²) in [6, 6.07) is 8.31. The van der Waals surface area contributed by atoms with Gasteiger partial charge in [-0.1, -0.05) is 21.3 Å². The predicted octanol–water partition coefficient (Wildman–Crippen LogP) is -1.70. The molecule has 16 nitrogen and oxygen atoms in total. The molecule has 8 N–H and O–H groups in total. The fraction of sp³-hybridized carbons (Fsp3) is 0.222. The van der Waals surface area contributed by atoms with E-state index in [1.54, 1.807) is 12.1 Å². The highest BCUT2D eigenvalue weighted by Gasteiger charge is 2.38. The first-order valence-electron chi connectivity index (χ1n) is 9.91. The van der Waals surface area contributed by atoms with Gasteiger partial charge in [0.1, 0.15) is 26.8 Å². The molecule has 3 aromatic rings. The van der Waals surface area contributed by atoms with Crippen molar-refractivity contribution in [1.82, 2.24) is 21.8 Å². The van der Waals surface area contributed by atoms with Crippen LogP contribution in [0.3, 0.4) is 0 Å². The van der Waals surface area contributed by atoms with Gasteiger partial charge in [-0.15, -0.1) is 15.3 Å². The molecule has 217 valence electrons. The Hall–Kier alpha value is -2.02. The van der Waals surface area contributed by atoms with E-state index < -0.39 is 30.5 Å². The summed E-state index contributed by atoms with van der Waals surface area (Å²) in [4.78, 5) is 2.32. The normalized spacial score (nSPS) is 15.4. The van der Waals surface area contributed by atoms with Gasteiger partial charge in [-0.3, -0.25) is 0 Å². The van der Waals surface area contributed by atoms with E-state index in [0.29, 0.717) is 32.7 Å². The topological polar surface area (TPSA) is 315 Å². The van der Waals surface area contributed by atoms with Crippen LogP contribution in [0.1, 0.15) is 13.8 Å². The number of fused-ring (bicyclic) bond motifs is 2. The Kier molecular flexibility index (Phi) is 11.8. The van der Waals surface area contributed by atoms with Gasteiger partial charge in [-0.05, 0) is 44.2 Å². The average Bonchev–Trinajstić information content (AvgIpc) is 3.30. The van der Waals surface area contributed by atoms with Gasteiger partial charge in [-0.2, -0.15) is 0 Å². The lowest BCUT2D eigenvalue weighted by atomic mass is 10.3. The summed E-state index contributed by atoms with van der Waals surface area (Å²) in [5, 5.41) is 9.19. The molecule has 2 aromatic carbocycles. The highest BCUT2D eigenvalue weighted by Crippen LogP contribution is 2.41. The Morgan fingerprint density at radius 2 is 1.44 bits per heavy atom. The van der Waals surface area contributed by atoms with E-state index in [0.717, 1.165) is 11.2 Å². The van der Waals surface area contributed by atoms with Crippen LogP contribution in [-0.2, 0) is 26.8 Å². The van der Waals surface area contributed by atoms with Crippen molar-refractivity contribution in [2.24, 2.45) is 10.2 Å². The first-order valence-corrected chi connectivity index (χ1v) is 15.6. The van der Waals surface area contributed by atoms with Crippen LogP contribution in [0.15, 0.2) is 61.3 Å². The minimum atomic E-state index is -4.94. The van der Waals surface area contributed by atoms with Crippen LogP contribution in [0.2, 0.25) is 0 Å². The molecular formula is C18H24ClN6O10S4. The molecule has 39 heavy (non-hydrogen) atoms. The molecule has 2 heterocycles. The lowest BCUT2D eigenvalue weighted by Gasteiger charge is -2.17. The van der Waals surface area contributed by atoms with E-state index in [1.807, 2.05) is 23.3 Å². The number of aromatic nitrogens is 1. The number of thioether (sulfide) groups is 1. The van der Waals surface area contributed by atoms with E-state index >= 15 is 0 Å². The van der Waals surface area contributed by atoms with Crippen molar-refractivity contribution in [2.45, 2.75) is 35.1 Å². The quantitative estimate of drug-likeness (QED) is 0.178. The van der Waals surface area contributed by atoms with E-state index in [1.165, 1.54) is 47.4 Å². The maximum atomic E-state index is 11.3. The molecule has 0 unspecified atom stereocenters. The lowest BCUT2D eigenvalue weighted by molar-refractivity contribution is -2.00. The number of halogens is 1. The van der Waals surface area contributed by atoms with Gasteiger partial charge >= 0.3 is 5.17 Å². The number of amidine groups is 1. The van der Waals surface area contributed by atoms with Crippen LogP contribution >= 0.6 is 23.1 Å². The third-order valence-electron chi connectivity index (χ3n) is 4.74. The SMILES string of the molecule is CCn1/c(=N/N=C2/Sc3cc(S(=O)(=O)[O-])ccc3[N+]2CC)sc2cc(S(=O)(=O)[O-])ccc21.[NH4+].[NH4+].[O-][Cl+3]([O-])([O-])[O-]. The molecule has 0 amide bonds. The standard InChI is InChI=1S/C18H18N4O6S4.ClHO4.2H3N/c1-3-21-13-7-5-11(31(23,24)25)9-15(13)29-17(21)19-20-18-22(4-2)14-8-6-12(32(26,27)28)10-16(14)30-18;2-1(3,4)5;;/h5-10H,3-4H2,1-2H3,(H,23,24,25)(H,26,27,28);(H,2,3,4,5);2*1H3/q+1;;;/p-1/b19-17-,20-18+;;;. The van der Waals surface area contributed by atoms with E-state index in [2.05, 4.69) is 10.2 Å². The molecule has 0 saturated carbocycles. The molecular weight excluding hydrogens is 624 g/mol. The van der Waals surface area contributed by atoms with Crippen LogP contribution in [0, 0.1) is 10.2 Å². The second-order valence-corrected chi connectivity index (χ2v) is 12.5. The smallest absolute Gasteiger partial charge is 0.342 e. The zero-order chi connectivity index (χ0) is 27.8. The van der Waals surface area contributed by atoms with E-state index in [9.17, 15) is 25.9 Å². The number of anilines is 1. The highest BCUT2D eigenvalue weighted by atomic mass is 35.7. The van der Waals surface area contributed by atoms with Crippen LogP contribution in [0.4, 0.5) is 5.69 Å². The Bertz CT molecular complexity index is 1640. The summed E-state index contributed by atoms with van der Waals surface area (Å²) in [5.41, 5.74) is 1.45. The number of rotatable bonds is 5. The van der Waals surface area contributed by atoms with Gasteiger partial charge < -0.3 is 26.0 Å². The minimum absolute atomic E-state index is 0. The summed E-state index contributed by atoms with van der Waals surface area (Å²) in [5.74, 6) is 0. The van der Waals surface area contributed by atoms with Crippen LogP contribution in [-0.4, -0.2) is 42.2 Å². The molecule has 1 aromatic heterocycles. The molecule has 21 heteroatoms. The van der Waals surface area contributed by atoms with Crippen molar-refractivity contribution in [3.63, 3.8) is 0 Å². The van der Waals surface area contributed by atoms with Crippen molar-refractivity contribution < 1.29 is 54.8 Å². The fourth-order valence-corrected chi connectivity index (χ4v) is 6.58. The minimum Gasteiger partial charge on any atom is -0.744 e. The first kappa shape index (κ1) is 35.0. The number of aryl methyl sites for hydroxylation is 1. The predicted molar refractivity (Wildman–Crippen MR) is 131 cm³/mol. The summed E-state index contributed by atoms with van der Waals surface area (Å²) in [7, 11) is -14.1. The molecule has 1 radical (unpaired) electrons. The summed E-state index contributed by atoms with van der Waals surface area (Å²) in [6.45, 7) is 4.89. The molecule has 4 rings (SSSR count). The second-order valence-electron chi connectivity index (χ2n) is 7.00. The van der Waals surface area contributed by atoms with Crippen molar-refractivity contribution in [3.8, 4) is 0 Å². The fourth-order valence-electron chi connectivity index (χ4n) is 3.27. The molecule has 0 spiro atoms. The monoisotopic (exact) mass is 647 g/mol. The lowest BCUT2D eigenvalue weighted by Crippen LogP contribution is -2.68. The highest BCUT2D eigenvalue weighted by molar-refractivity contribution is 8.14. The maximum Gasteiger partial charge on any atom is 0.342 e. The Labute approximate surface area is 233 Å². The van der Waals surface area contributed by atoms with Crippen LogP contribution < -0.4 is 40.6 Å². The van der Waals surface area contributed by atoms with Gasteiger partial charge in [0.2, 0.25) is 10.5 Å². The van der Waals surface area contributed by atoms with Crippen molar-refractivity contribution >= 4 is 64.4 Å². The number of hydrogen-bond donors (Lipinski definition) is 2. The third kappa shape index (κ3) is 8.73. The average molecular weight is 648 g/mol. The van der Waals surface area contributed by atoms with E-state index in [4.69, 9.17) is 18.6 Å². The molecule has 0 bridgehead atoms. The van der Waals surface area contributed by atoms with Gasteiger partial charge in [0.25, 0.3) is 0 Å². The van der Waals surface area contributed by atoms with Gasteiger partial charge in [0.15, 0.2) is 0 Å². The first-order chi connectivity index (χ1) is 17.0. The number of thiazole rings is 1. The number of hydrogen-bond acceptors (Lipinski definition) is 14. The van der Waals surface area contributed by atoms with Gasteiger partial charge in [0.05, 0.1) is 24.9 Å². The maximum absolute atomic E-state index is 11.3. The molecule has 1 aliphatic heterocycles. The van der Waals surface area contributed by atoms with Crippen LogP contribution in [0.25, 0.3) is 10.2 Å². The molecule has 1 aliphatic rings.